The smallest absolute Gasteiger partial charge is 0.0467 e. The summed E-state index contributed by atoms with van der Waals surface area (Å²) in [4.78, 5) is 2.35. The van der Waals surface area contributed by atoms with Crippen molar-refractivity contribution >= 4 is 60.2 Å². The van der Waals surface area contributed by atoms with Gasteiger partial charge in [0, 0.05) is 17.1 Å². The summed E-state index contributed by atoms with van der Waals surface area (Å²) >= 11 is 0. The van der Waals surface area contributed by atoms with E-state index < -0.39 is 0 Å². The van der Waals surface area contributed by atoms with Crippen molar-refractivity contribution in [2.24, 2.45) is 0 Å². The van der Waals surface area contributed by atoms with Gasteiger partial charge in [-0.3, -0.25) is 0 Å². The molecule has 53 heavy (non-hydrogen) atoms. The maximum absolute atomic E-state index is 2.38. The normalized spacial score (nSPS) is 11.4. The van der Waals surface area contributed by atoms with Crippen LogP contribution < -0.4 is 4.90 Å². The van der Waals surface area contributed by atoms with E-state index >= 15 is 0 Å². The summed E-state index contributed by atoms with van der Waals surface area (Å²) in [6.07, 6.45) is 0. The van der Waals surface area contributed by atoms with Crippen LogP contribution in [0.1, 0.15) is 0 Å². The molecule has 248 valence electrons. The van der Waals surface area contributed by atoms with Crippen LogP contribution in [0, 0.1) is 0 Å². The lowest BCUT2D eigenvalue weighted by Crippen LogP contribution is -2.09. The third-order valence-corrected chi connectivity index (χ3v) is 10.6. The van der Waals surface area contributed by atoms with Gasteiger partial charge in [0.2, 0.25) is 0 Å². The fourth-order valence-electron chi connectivity index (χ4n) is 8.40. The lowest BCUT2D eigenvalue weighted by Gasteiger charge is -2.27. The molecule has 0 saturated heterocycles. The molecular formula is C52H35N. The van der Waals surface area contributed by atoms with Crippen LogP contribution >= 0.6 is 0 Å². The van der Waals surface area contributed by atoms with E-state index in [1.165, 1.54) is 76.5 Å². The van der Waals surface area contributed by atoms with Gasteiger partial charge in [-0.25, -0.2) is 0 Å². The third kappa shape index (κ3) is 5.17. The van der Waals surface area contributed by atoms with E-state index in [0.717, 1.165) is 17.1 Å². The zero-order valence-electron chi connectivity index (χ0n) is 29.2. The molecular weight excluding hydrogens is 639 g/mol. The van der Waals surface area contributed by atoms with Crippen molar-refractivity contribution in [3.63, 3.8) is 0 Å². The van der Waals surface area contributed by atoms with Crippen molar-refractivity contribution < 1.29 is 0 Å². The van der Waals surface area contributed by atoms with Crippen molar-refractivity contribution in [2.75, 3.05) is 4.90 Å². The molecule has 1 nitrogen and oxygen atoms in total. The highest BCUT2D eigenvalue weighted by Gasteiger charge is 2.23. The molecule has 10 rings (SSSR count). The molecule has 0 aromatic heterocycles. The molecule has 0 aliphatic carbocycles. The standard InChI is InChI=1S/C52H35N/c1-4-19-36(20-5-1)41-27-10-13-30-44(41)50-48-34-17-16-33-47(48)49(51-45-31-14-11-28-42(45)43-29-12-15-32-46(43)52(50)51)37-21-18-26-40(35-37)53(38-22-6-2-7-23-38)39-24-8-3-9-25-39/h1-35H. The van der Waals surface area contributed by atoms with Crippen molar-refractivity contribution in [3.05, 3.63) is 212 Å². The van der Waals surface area contributed by atoms with Gasteiger partial charge in [-0.1, -0.05) is 176 Å². The second-order valence-corrected chi connectivity index (χ2v) is 13.6. The Labute approximate surface area is 309 Å². The Hall–Kier alpha value is -6.96. The predicted molar refractivity (Wildman–Crippen MR) is 227 cm³/mol. The molecule has 0 atom stereocenters. The van der Waals surface area contributed by atoms with E-state index in [-0.39, 0.29) is 0 Å². The Morgan fingerprint density at radius 3 is 1.23 bits per heavy atom. The lowest BCUT2D eigenvalue weighted by atomic mass is 9.80. The second-order valence-electron chi connectivity index (χ2n) is 13.6. The molecule has 0 unspecified atom stereocenters. The van der Waals surface area contributed by atoms with Gasteiger partial charge in [0.05, 0.1) is 0 Å². The second kappa shape index (κ2) is 13.0. The quantitative estimate of drug-likeness (QED) is 0.125. The van der Waals surface area contributed by atoms with Crippen LogP contribution in [-0.2, 0) is 0 Å². The number of rotatable bonds is 6. The van der Waals surface area contributed by atoms with Crippen LogP contribution in [0.2, 0.25) is 0 Å². The summed E-state index contributed by atoms with van der Waals surface area (Å²) in [5, 5.41) is 10.1. The van der Waals surface area contributed by atoms with Crippen LogP contribution in [0.4, 0.5) is 17.1 Å². The first kappa shape index (κ1) is 30.8. The summed E-state index contributed by atoms with van der Waals surface area (Å²) < 4.78 is 0. The minimum atomic E-state index is 1.11. The Balaban J connectivity index is 1.37. The van der Waals surface area contributed by atoms with Crippen LogP contribution in [0.5, 0.6) is 0 Å². The van der Waals surface area contributed by atoms with Gasteiger partial charge in [-0.15, -0.1) is 0 Å². The summed E-state index contributed by atoms with van der Waals surface area (Å²) in [6.45, 7) is 0. The molecule has 1 heteroatoms. The first-order valence-corrected chi connectivity index (χ1v) is 18.3. The first-order valence-electron chi connectivity index (χ1n) is 18.3. The lowest BCUT2D eigenvalue weighted by molar-refractivity contribution is 1.28. The number of anilines is 3. The predicted octanol–water partition coefficient (Wildman–Crippen LogP) is 14.8. The minimum absolute atomic E-state index is 1.11. The fraction of sp³-hybridized carbons (Fsp3) is 0. The number of hydrogen-bond acceptors (Lipinski definition) is 1. The molecule has 0 bridgehead atoms. The Morgan fingerprint density at radius 2 is 0.642 bits per heavy atom. The van der Waals surface area contributed by atoms with Crippen molar-refractivity contribution in [1.29, 1.82) is 0 Å². The molecule has 0 amide bonds. The Kier molecular flexibility index (Phi) is 7.55. The molecule has 0 aliphatic heterocycles. The Bertz CT molecular complexity index is 2890. The minimum Gasteiger partial charge on any atom is -0.310 e. The van der Waals surface area contributed by atoms with E-state index in [2.05, 4.69) is 217 Å². The van der Waals surface area contributed by atoms with Crippen molar-refractivity contribution in [3.8, 4) is 33.4 Å². The average Bonchev–Trinajstić information content (AvgIpc) is 3.24. The molecule has 0 radical (unpaired) electrons. The van der Waals surface area contributed by atoms with Gasteiger partial charge in [-0.2, -0.15) is 0 Å². The zero-order chi connectivity index (χ0) is 35.1. The van der Waals surface area contributed by atoms with Gasteiger partial charge in [-0.05, 0) is 113 Å². The van der Waals surface area contributed by atoms with Crippen LogP contribution in [0.25, 0.3) is 76.5 Å². The monoisotopic (exact) mass is 673 g/mol. The van der Waals surface area contributed by atoms with Crippen molar-refractivity contribution in [2.45, 2.75) is 0 Å². The highest BCUT2D eigenvalue weighted by atomic mass is 15.1. The SMILES string of the molecule is c1ccc(-c2ccccc2-c2c3ccccc3c(-c3cccc(N(c4ccccc4)c4ccccc4)c3)c3c4ccccc4c4ccccc4c23)cc1. The van der Waals surface area contributed by atoms with E-state index in [1.807, 2.05) is 0 Å². The van der Waals surface area contributed by atoms with Gasteiger partial charge >= 0.3 is 0 Å². The van der Waals surface area contributed by atoms with E-state index in [9.17, 15) is 0 Å². The van der Waals surface area contributed by atoms with E-state index in [4.69, 9.17) is 0 Å². The van der Waals surface area contributed by atoms with E-state index in [1.54, 1.807) is 0 Å². The van der Waals surface area contributed by atoms with Crippen molar-refractivity contribution in [1.82, 2.24) is 0 Å². The van der Waals surface area contributed by atoms with Crippen LogP contribution in [-0.4, -0.2) is 0 Å². The van der Waals surface area contributed by atoms with Gasteiger partial charge < -0.3 is 4.90 Å². The number of nitrogens with zero attached hydrogens (tertiary/aromatic N) is 1. The number of para-hydroxylation sites is 2. The maximum Gasteiger partial charge on any atom is 0.0467 e. The summed E-state index contributed by atoms with van der Waals surface area (Å²) in [5.41, 5.74) is 10.7. The number of benzene rings is 10. The number of fused-ring (bicyclic) bond motifs is 7. The zero-order valence-corrected chi connectivity index (χ0v) is 29.2. The van der Waals surface area contributed by atoms with Gasteiger partial charge in [0.15, 0.2) is 0 Å². The van der Waals surface area contributed by atoms with Gasteiger partial charge in [0.1, 0.15) is 0 Å². The Morgan fingerprint density at radius 1 is 0.245 bits per heavy atom. The molecule has 0 N–H and O–H groups in total. The van der Waals surface area contributed by atoms with E-state index in [0.29, 0.717) is 0 Å². The number of hydrogen-bond donors (Lipinski definition) is 0. The van der Waals surface area contributed by atoms with Gasteiger partial charge in [0.25, 0.3) is 0 Å². The molecule has 10 aromatic carbocycles. The summed E-state index contributed by atoms with van der Waals surface area (Å²) in [7, 11) is 0. The van der Waals surface area contributed by atoms with Crippen LogP contribution in [0.3, 0.4) is 0 Å². The fourth-order valence-corrected chi connectivity index (χ4v) is 8.40. The highest BCUT2D eigenvalue weighted by molar-refractivity contribution is 6.37. The molecule has 0 fully saturated rings. The molecule has 0 spiro atoms. The average molecular weight is 674 g/mol. The topological polar surface area (TPSA) is 3.24 Å². The van der Waals surface area contributed by atoms with Crippen LogP contribution in [0.15, 0.2) is 212 Å². The largest absolute Gasteiger partial charge is 0.310 e. The summed E-state index contributed by atoms with van der Waals surface area (Å²) in [6, 6.07) is 77.2. The first-order chi connectivity index (χ1) is 26.3. The molecule has 0 saturated carbocycles. The molecule has 0 aliphatic rings. The molecule has 10 aromatic rings. The molecule has 0 heterocycles. The summed E-state index contributed by atoms with van der Waals surface area (Å²) in [5.74, 6) is 0. The highest BCUT2D eigenvalue weighted by Crippen LogP contribution is 2.51. The third-order valence-electron chi connectivity index (χ3n) is 10.6. The maximum atomic E-state index is 2.38.